The third-order valence-electron chi connectivity index (χ3n) is 3.34. The zero-order valence-electron chi connectivity index (χ0n) is 10.9. The van der Waals surface area contributed by atoms with Crippen molar-refractivity contribution in [2.24, 2.45) is 11.7 Å². The summed E-state index contributed by atoms with van der Waals surface area (Å²) in [6, 6.07) is 7.40. The van der Waals surface area contributed by atoms with Gasteiger partial charge >= 0.3 is 5.97 Å². The Bertz CT molecular complexity index is 419. The molecule has 1 aromatic rings. The summed E-state index contributed by atoms with van der Waals surface area (Å²) in [5, 5.41) is 18.7. The Hall–Kier alpha value is -1.39. The molecule has 0 saturated heterocycles. The highest BCUT2D eigenvalue weighted by Gasteiger charge is 2.40. The van der Waals surface area contributed by atoms with Gasteiger partial charge in [-0.3, -0.25) is 4.79 Å². The summed E-state index contributed by atoms with van der Waals surface area (Å²) >= 11 is 0. The first-order valence-corrected chi connectivity index (χ1v) is 6.07. The first-order chi connectivity index (χ1) is 8.46. The van der Waals surface area contributed by atoms with Crippen molar-refractivity contribution in [1.82, 2.24) is 0 Å². The number of rotatable bonds is 6. The first kappa shape index (κ1) is 14.7. The Morgan fingerprint density at radius 1 is 1.50 bits per heavy atom. The maximum atomic E-state index is 11.7. The number of nitrogens with two attached hydrogens (primary N) is 1. The monoisotopic (exact) mass is 251 g/mol. The van der Waals surface area contributed by atoms with Crippen LogP contribution in [0.4, 0.5) is 0 Å². The molecule has 2 unspecified atom stereocenters. The van der Waals surface area contributed by atoms with Crippen LogP contribution in [0.1, 0.15) is 24.5 Å². The van der Waals surface area contributed by atoms with Crippen LogP contribution in [0.15, 0.2) is 24.3 Å². The summed E-state index contributed by atoms with van der Waals surface area (Å²) < 4.78 is 0. The van der Waals surface area contributed by atoms with Gasteiger partial charge in [-0.05, 0) is 24.8 Å². The highest BCUT2D eigenvalue weighted by atomic mass is 16.4. The Morgan fingerprint density at radius 2 is 2.17 bits per heavy atom. The van der Waals surface area contributed by atoms with Gasteiger partial charge < -0.3 is 15.9 Å². The van der Waals surface area contributed by atoms with Gasteiger partial charge in [-0.25, -0.2) is 0 Å². The van der Waals surface area contributed by atoms with E-state index in [9.17, 15) is 9.90 Å². The molecule has 0 heterocycles. The van der Waals surface area contributed by atoms with Gasteiger partial charge in [-0.2, -0.15) is 0 Å². The van der Waals surface area contributed by atoms with Gasteiger partial charge in [0.2, 0.25) is 0 Å². The number of aliphatic hydroxyl groups excluding tert-OH is 1. The van der Waals surface area contributed by atoms with Crippen molar-refractivity contribution < 1.29 is 15.0 Å². The summed E-state index contributed by atoms with van der Waals surface area (Å²) in [5.41, 5.74) is 6.32. The lowest BCUT2D eigenvalue weighted by atomic mass is 9.74. The fourth-order valence-electron chi connectivity index (χ4n) is 2.22. The van der Waals surface area contributed by atoms with Crippen LogP contribution in [0.25, 0.3) is 0 Å². The van der Waals surface area contributed by atoms with Gasteiger partial charge in [0.25, 0.3) is 0 Å². The Kier molecular flexibility index (Phi) is 4.87. The minimum Gasteiger partial charge on any atom is -0.481 e. The molecule has 0 saturated carbocycles. The summed E-state index contributed by atoms with van der Waals surface area (Å²) in [6.45, 7) is 3.72. The quantitative estimate of drug-likeness (QED) is 0.711. The number of aryl methyl sites for hydroxylation is 1. The largest absolute Gasteiger partial charge is 0.481 e. The molecule has 0 aliphatic rings. The number of hydrogen-bond acceptors (Lipinski definition) is 3. The maximum absolute atomic E-state index is 11.7. The van der Waals surface area contributed by atoms with Crippen LogP contribution in [0, 0.1) is 12.8 Å². The number of aliphatic carboxylic acids is 1. The number of carboxylic acids is 1. The van der Waals surface area contributed by atoms with Crippen LogP contribution in [0.2, 0.25) is 0 Å². The smallest absolute Gasteiger partial charge is 0.315 e. The van der Waals surface area contributed by atoms with E-state index in [1.165, 1.54) is 0 Å². The van der Waals surface area contributed by atoms with Gasteiger partial charge in [0.05, 0.1) is 0 Å². The summed E-state index contributed by atoms with van der Waals surface area (Å²) in [7, 11) is 0. The zero-order chi connectivity index (χ0) is 13.8. The molecule has 0 radical (unpaired) electrons. The minimum absolute atomic E-state index is 0.0239. The fourth-order valence-corrected chi connectivity index (χ4v) is 2.22. The predicted molar refractivity (Wildman–Crippen MR) is 70.4 cm³/mol. The van der Waals surface area contributed by atoms with Crippen molar-refractivity contribution in [1.29, 1.82) is 0 Å². The molecule has 0 aromatic heterocycles. The summed E-state index contributed by atoms with van der Waals surface area (Å²) in [4.78, 5) is 11.7. The van der Waals surface area contributed by atoms with E-state index >= 15 is 0 Å². The van der Waals surface area contributed by atoms with Crippen molar-refractivity contribution in [3.63, 3.8) is 0 Å². The van der Waals surface area contributed by atoms with Crippen LogP contribution >= 0.6 is 0 Å². The van der Waals surface area contributed by atoms with E-state index in [-0.39, 0.29) is 19.1 Å². The fraction of sp³-hybridized carbons (Fsp3) is 0.500. The average molecular weight is 251 g/mol. The molecule has 2 atom stereocenters. The van der Waals surface area contributed by atoms with Crippen LogP contribution < -0.4 is 5.73 Å². The van der Waals surface area contributed by atoms with Crippen LogP contribution in [-0.2, 0) is 10.2 Å². The molecular formula is C14H21NO3. The van der Waals surface area contributed by atoms with Gasteiger partial charge in [-0.1, -0.05) is 36.8 Å². The van der Waals surface area contributed by atoms with E-state index in [0.717, 1.165) is 5.56 Å². The highest BCUT2D eigenvalue weighted by Crippen LogP contribution is 2.31. The third-order valence-corrected chi connectivity index (χ3v) is 3.34. The third kappa shape index (κ3) is 2.89. The van der Waals surface area contributed by atoms with E-state index in [1.54, 1.807) is 6.07 Å². The summed E-state index contributed by atoms with van der Waals surface area (Å²) in [5.74, 6) is -1.04. The predicted octanol–water partition coefficient (Wildman–Crippen LogP) is 1.29. The van der Waals surface area contributed by atoms with Gasteiger partial charge in [0.1, 0.15) is 5.41 Å². The molecule has 100 valence electrons. The molecule has 0 bridgehead atoms. The van der Waals surface area contributed by atoms with E-state index in [4.69, 9.17) is 10.8 Å². The van der Waals surface area contributed by atoms with Crippen molar-refractivity contribution >= 4 is 5.97 Å². The normalized spacial score (nSPS) is 16.0. The molecule has 18 heavy (non-hydrogen) atoms. The molecule has 4 heteroatoms. The second kappa shape index (κ2) is 5.98. The number of carbonyl (C=O) groups is 1. The molecular weight excluding hydrogens is 230 g/mol. The molecule has 4 nitrogen and oxygen atoms in total. The van der Waals surface area contributed by atoms with Crippen LogP contribution in [-0.4, -0.2) is 29.3 Å². The molecule has 1 rings (SSSR count). The van der Waals surface area contributed by atoms with Crippen molar-refractivity contribution in [2.45, 2.75) is 25.7 Å². The van der Waals surface area contributed by atoms with Crippen LogP contribution in [0.3, 0.4) is 0 Å². The van der Waals surface area contributed by atoms with E-state index < -0.39 is 11.4 Å². The zero-order valence-corrected chi connectivity index (χ0v) is 10.9. The number of hydrogen-bond donors (Lipinski definition) is 3. The molecule has 1 aromatic carbocycles. The lowest BCUT2D eigenvalue weighted by Crippen LogP contribution is -2.44. The van der Waals surface area contributed by atoms with Gasteiger partial charge in [-0.15, -0.1) is 0 Å². The molecule has 0 aliphatic carbocycles. The SMILES string of the molecule is Cc1cccc(C(CN)(CC(C)CO)C(=O)O)c1. The number of carboxylic acid groups (broad SMARTS) is 1. The molecule has 0 amide bonds. The number of benzene rings is 1. The minimum atomic E-state index is -1.12. The van der Waals surface area contributed by atoms with Gasteiger partial charge in [0.15, 0.2) is 0 Å². The lowest BCUT2D eigenvalue weighted by Gasteiger charge is -2.31. The lowest BCUT2D eigenvalue weighted by molar-refractivity contribution is -0.144. The standard InChI is InChI=1S/C14H21NO3/c1-10-4-3-5-12(6-10)14(9-15,13(17)18)7-11(2)8-16/h3-6,11,16H,7-9,15H2,1-2H3,(H,17,18). The first-order valence-electron chi connectivity index (χ1n) is 6.07. The molecule has 0 fully saturated rings. The topological polar surface area (TPSA) is 83.5 Å². The van der Waals surface area contributed by atoms with Crippen LogP contribution in [0.5, 0.6) is 0 Å². The second-order valence-corrected chi connectivity index (χ2v) is 4.95. The van der Waals surface area contributed by atoms with E-state index in [0.29, 0.717) is 12.0 Å². The van der Waals surface area contributed by atoms with Crippen molar-refractivity contribution in [3.05, 3.63) is 35.4 Å². The highest BCUT2D eigenvalue weighted by molar-refractivity contribution is 5.82. The Balaban J connectivity index is 3.22. The van der Waals surface area contributed by atoms with Crippen molar-refractivity contribution in [2.75, 3.05) is 13.2 Å². The maximum Gasteiger partial charge on any atom is 0.315 e. The molecule has 4 N–H and O–H groups in total. The Morgan fingerprint density at radius 3 is 2.61 bits per heavy atom. The molecule has 0 spiro atoms. The second-order valence-electron chi connectivity index (χ2n) is 4.95. The summed E-state index contributed by atoms with van der Waals surface area (Å²) in [6.07, 6.45) is 0.332. The van der Waals surface area contributed by atoms with Crippen molar-refractivity contribution in [3.8, 4) is 0 Å². The van der Waals surface area contributed by atoms with E-state index in [2.05, 4.69) is 0 Å². The van der Waals surface area contributed by atoms with Gasteiger partial charge in [0, 0.05) is 13.2 Å². The Labute approximate surface area is 107 Å². The van der Waals surface area contributed by atoms with E-state index in [1.807, 2.05) is 32.0 Å². The number of aliphatic hydroxyl groups is 1. The molecule has 0 aliphatic heterocycles. The average Bonchev–Trinajstić information content (AvgIpc) is 2.35.